The van der Waals surface area contributed by atoms with Gasteiger partial charge in [0, 0.05) is 38.6 Å². The molecule has 0 aliphatic rings. The Morgan fingerprint density at radius 3 is 1.34 bits per heavy atom. The van der Waals surface area contributed by atoms with Crippen molar-refractivity contribution in [1.29, 1.82) is 0 Å². The quantitative estimate of drug-likeness (QED) is 0.0325. The van der Waals surface area contributed by atoms with Crippen LogP contribution in [-0.4, -0.2) is 115 Å². The van der Waals surface area contributed by atoms with Gasteiger partial charge in [0.15, 0.2) is 0 Å². The summed E-state index contributed by atoms with van der Waals surface area (Å²) in [4.78, 5) is 74.5. The maximum atomic E-state index is 12.6. The summed E-state index contributed by atoms with van der Waals surface area (Å²) in [6.45, 7) is 2.69. The van der Waals surface area contributed by atoms with Crippen molar-refractivity contribution in [3.63, 3.8) is 0 Å². The number of hydrogen-bond acceptors (Lipinski definition) is 15. The van der Waals surface area contributed by atoms with Gasteiger partial charge in [-0.15, -0.1) is 0 Å². The van der Waals surface area contributed by atoms with Crippen LogP contribution in [-0.2, 0) is 57.1 Å². The van der Waals surface area contributed by atoms with E-state index in [1.807, 2.05) is 19.0 Å². The number of methoxy groups -OCH3 is 2. The van der Waals surface area contributed by atoms with Gasteiger partial charge < -0.3 is 42.8 Å². The zero-order valence-electron chi connectivity index (χ0n) is 37.2. The third-order valence-corrected chi connectivity index (χ3v) is 9.65. The average Bonchev–Trinajstić information content (AvgIpc) is 3.21. The fraction of sp³-hybridized carbons (Fsp3) is 0.864. The van der Waals surface area contributed by atoms with Crippen LogP contribution < -0.4 is 0 Å². The van der Waals surface area contributed by atoms with E-state index >= 15 is 0 Å². The van der Waals surface area contributed by atoms with Gasteiger partial charge >= 0.3 is 36.2 Å². The average molecular weight is 846 g/mol. The van der Waals surface area contributed by atoms with Gasteiger partial charge in [0.05, 0.1) is 33.4 Å². The van der Waals surface area contributed by atoms with Crippen LogP contribution in [0.15, 0.2) is 0 Å². The van der Waals surface area contributed by atoms with Gasteiger partial charge in [0.25, 0.3) is 0 Å². The zero-order chi connectivity index (χ0) is 43.8. The smallest absolute Gasteiger partial charge is 0.469 e. The first-order valence-corrected chi connectivity index (χ1v) is 22.2. The van der Waals surface area contributed by atoms with Gasteiger partial charge in [-0.2, -0.15) is 0 Å². The molecule has 0 aliphatic heterocycles. The van der Waals surface area contributed by atoms with E-state index in [0.717, 1.165) is 51.5 Å². The van der Waals surface area contributed by atoms with Crippen LogP contribution >= 0.6 is 0 Å². The van der Waals surface area contributed by atoms with E-state index in [9.17, 15) is 28.8 Å². The lowest BCUT2D eigenvalue weighted by molar-refractivity contribution is -0.150. The van der Waals surface area contributed by atoms with Crippen LogP contribution in [0.5, 0.6) is 0 Å². The van der Waals surface area contributed by atoms with Crippen LogP contribution in [0.25, 0.3) is 0 Å². The number of nitrogens with zero attached hydrogens (tertiary/aromatic N) is 1. The van der Waals surface area contributed by atoms with Gasteiger partial charge in [-0.05, 0) is 59.0 Å². The molecule has 59 heavy (non-hydrogen) atoms. The molecule has 0 heterocycles. The second kappa shape index (κ2) is 39.8. The zero-order valence-corrected chi connectivity index (χ0v) is 37.2. The summed E-state index contributed by atoms with van der Waals surface area (Å²) >= 11 is 0. The molecular formula is C44H79NO14. The molecule has 15 nitrogen and oxygen atoms in total. The maximum absolute atomic E-state index is 12.6. The van der Waals surface area contributed by atoms with Crippen LogP contribution in [0.2, 0.25) is 0 Å². The summed E-state index contributed by atoms with van der Waals surface area (Å²) in [5, 5.41) is 0. The van der Waals surface area contributed by atoms with Gasteiger partial charge in [-0.1, -0.05) is 90.4 Å². The molecule has 0 aromatic rings. The van der Waals surface area contributed by atoms with Crippen LogP contribution in [0.4, 0.5) is 9.59 Å². The highest BCUT2D eigenvalue weighted by atomic mass is 16.7. The SMILES string of the molecule is CCCCCCCCCCCCC(CCOC(=O)OCC(COC(=O)CCCCCCC(=O)OC)COC(=O)CCCCCCC(=O)OC)OC(=O)OCCCN(C)C. The van der Waals surface area contributed by atoms with E-state index in [2.05, 4.69) is 16.4 Å². The number of hydrogen-bond donors (Lipinski definition) is 0. The van der Waals surface area contributed by atoms with Crippen LogP contribution in [0.3, 0.4) is 0 Å². The summed E-state index contributed by atoms with van der Waals surface area (Å²) in [6.07, 6.45) is 17.7. The number of ether oxygens (including phenoxy) is 8. The van der Waals surface area contributed by atoms with Crippen LogP contribution in [0, 0.1) is 5.92 Å². The molecule has 0 fully saturated rings. The fourth-order valence-corrected chi connectivity index (χ4v) is 6.03. The van der Waals surface area contributed by atoms with Gasteiger partial charge in [0.1, 0.15) is 25.9 Å². The number of rotatable bonds is 39. The lowest BCUT2D eigenvalue weighted by Crippen LogP contribution is -2.27. The largest absolute Gasteiger partial charge is 0.508 e. The third-order valence-electron chi connectivity index (χ3n) is 9.65. The summed E-state index contributed by atoms with van der Waals surface area (Å²) in [7, 11) is 6.59. The lowest BCUT2D eigenvalue weighted by atomic mass is 10.0. The molecule has 0 aliphatic carbocycles. The molecule has 1 unspecified atom stereocenters. The minimum absolute atomic E-state index is 0.0525. The number of unbranched alkanes of at least 4 members (excludes halogenated alkanes) is 15. The maximum Gasteiger partial charge on any atom is 0.508 e. The second-order valence-corrected chi connectivity index (χ2v) is 15.4. The first-order valence-electron chi connectivity index (χ1n) is 22.2. The molecule has 0 rings (SSSR count). The Labute approximate surface area is 354 Å². The molecular weight excluding hydrogens is 766 g/mol. The minimum Gasteiger partial charge on any atom is -0.469 e. The predicted octanol–water partition coefficient (Wildman–Crippen LogP) is 9.04. The molecule has 0 N–H and O–H groups in total. The Morgan fingerprint density at radius 1 is 0.441 bits per heavy atom. The topological polar surface area (TPSA) is 179 Å². The van der Waals surface area contributed by atoms with Crippen LogP contribution in [0.1, 0.15) is 167 Å². The van der Waals surface area contributed by atoms with E-state index in [4.69, 9.17) is 28.4 Å². The van der Waals surface area contributed by atoms with E-state index in [-0.39, 0.29) is 64.2 Å². The molecule has 0 amide bonds. The van der Waals surface area contributed by atoms with E-state index in [1.54, 1.807) is 0 Å². The van der Waals surface area contributed by atoms with Gasteiger partial charge in [-0.3, -0.25) is 19.2 Å². The van der Waals surface area contributed by atoms with Crippen molar-refractivity contribution >= 4 is 36.2 Å². The molecule has 0 aromatic carbocycles. The molecule has 344 valence electrons. The van der Waals surface area contributed by atoms with Crippen molar-refractivity contribution < 1.29 is 66.7 Å². The monoisotopic (exact) mass is 846 g/mol. The highest BCUT2D eigenvalue weighted by molar-refractivity contribution is 5.70. The summed E-state index contributed by atoms with van der Waals surface area (Å²) in [6, 6.07) is 0. The molecule has 0 spiro atoms. The highest BCUT2D eigenvalue weighted by Gasteiger charge is 2.20. The minimum atomic E-state index is -0.949. The fourth-order valence-electron chi connectivity index (χ4n) is 6.03. The Kier molecular flexibility index (Phi) is 37.4. The van der Waals surface area contributed by atoms with Gasteiger partial charge in [-0.25, -0.2) is 9.59 Å². The van der Waals surface area contributed by atoms with Crippen molar-refractivity contribution in [2.45, 2.75) is 174 Å². The van der Waals surface area contributed by atoms with Crippen molar-refractivity contribution in [3.8, 4) is 0 Å². The van der Waals surface area contributed by atoms with Crippen molar-refractivity contribution in [2.75, 3.05) is 67.9 Å². The molecule has 0 aromatic heterocycles. The summed E-state index contributed by atoms with van der Waals surface area (Å²) in [5.41, 5.74) is 0. The molecule has 1 atom stereocenters. The normalized spacial score (nSPS) is 11.5. The molecule has 0 bridgehead atoms. The van der Waals surface area contributed by atoms with E-state index < -0.39 is 36.3 Å². The van der Waals surface area contributed by atoms with Crippen molar-refractivity contribution in [1.82, 2.24) is 4.90 Å². The molecule has 15 heteroatoms. The van der Waals surface area contributed by atoms with Gasteiger partial charge in [0.2, 0.25) is 0 Å². The summed E-state index contributed by atoms with van der Waals surface area (Å²) < 4.78 is 41.7. The highest BCUT2D eigenvalue weighted by Crippen LogP contribution is 2.16. The molecule has 0 saturated carbocycles. The van der Waals surface area contributed by atoms with E-state index in [0.29, 0.717) is 51.4 Å². The first-order chi connectivity index (χ1) is 28.5. The molecule has 0 radical (unpaired) electrons. The Balaban J connectivity index is 4.97. The number of carbonyl (C=O) groups excluding carboxylic acids is 6. The van der Waals surface area contributed by atoms with Crippen molar-refractivity contribution in [2.24, 2.45) is 5.92 Å². The van der Waals surface area contributed by atoms with Crippen molar-refractivity contribution in [3.05, 3.63) is 0 Å². The van der Waals surface area contributed by atoms with E-state index in [1.165, 1.54) is 59.2 Å². The number of carbonyl (C=O) groups is 6. The number of esters is 4. The first kappa shape index (κ1) is 55.4. The second-order valence-electron chi connectivity index (χ2n) is 15.4. The Hall–Kier alpha value is -3.62. The Bertz CT molecular complexity index is 1060. The molecule has 0 saturated heterocycles. The predicted molar refractivity (Wildman–Crippen MR) is 223 cm³/mol. The standard InChI is InChI=1S/C44H79NO14/c1-6-7-8-9-10-11-12-13-14-19-25-38(59-44(51)54-32-24-31-45(2)3)30-33-55-43(50)58-36-37(34-56-41(48)28-22-17-15-20-26-39(46)52-4)35-57-42(49)29-23-18-16-21-27-40(47)53-5/h37-38H,6-36H2,1-5H3. The Morgan fingerprint density at radius 2 is 0.864 bits per heavy atom. The summed E-state index contributed by atoms with van der Waals surface area (Å²) in [5.74, 6) is -2.04. The third kappa shape index (κ3) is 38.3. The lowest BCUT2D eigenvalue weighted by Gasteiger charge is -2.19.